The quantitative estimate of drug-likeness (QED) is 0.830. The van der Waals surface area contributed by atoms with Crippen LogP contribution in [0.15, 0.2) is 36.5 Å². The Hall–Kier alpha value is -2.64. The zero-order valence-electron chi connectivity index (χ0n) is 12.0. The summed E-state index contributed by atoms with van der Waals surface area (Å²) >= 11 is 0. The number of rotatable bonds is 2. The van der Waals surface area contributed by atoms with E-state index in [1.54, 1.807) is 18.3 Å². The van der Waals surface area contributed by atoms with E-state index in [1.165, 1.54) is 0 Å². The molecule has 4 nitrogen and oxygen atoms in total. The zero-order valence-corrected chi connectivity index (χ0v) is 12.0. The average Bonchev–Trinajstić information content (AvgIpc) is 2.48. The van der Waals surface area contributed by atoms with Gasteiger partial charge in [-0.1, -0.05) is 24.0 Å². The molecule has 0 atom stereocenters. The first-order chi connectivity index (χ1) is 10.1. The summed E-state index contributed by atoms with van der Waals surface area (Å²) in [5.74, 6) is 5.16. The largest absolute Gasteiger partial charge is 0.384 e. The average molecular weight is 280 g/mol. The Bertz CT molecular complexity index is 727. The number of carbonyl (C=O) groups is 1. The smallest absolute Gasteiger partial charge is 0.274 e. The first kappa shape index (κ1) is 14.8. The summed E-state index contributed by atoms with van der Waals surface area (Å²) in [6.45, 7) is 3.56. The normalized spacial score (nSPS) is 9.67. The number of hydrogen-bond acceptors (Lipinski definition) is 3. The van der Waals surface area contributed by atoms with Gasteiger partial charge in [0.1, 0.15) is 12.3 Å². The fraction of sp³-hybridized carbons (Fsp3) is 0.176. The summed E-state index contributed by atoms with van der Waals surface area (Å²) < 4.78 is 0. The monoisotopic (exact) mass is 280 g/mol. The second-order valence-electron chi connectivity index (χ2n) is 4.61. The van der Waals surface area contributed by atoms with Gasteiger partial charge in [0.2, 0.25) is 0 Å². The van der Waals surface area contributed by atoms with Crippen LogP contribution in [0.3, 0.4) is 0 Å². The number of benzene rings is 1. The minimum absolute atomic E-state index is 0.192. The van der Waals surface area contributed by atoms with Crippen LogP contribution in [0.4, 0.5) is 5.69 Å². The van der Waals surface area contributed by atoms with E-state index in [0.29, 0.717) is 11.4 Å². The molecular formula is C17H16N2O2. The van der Waals surface area contributed by atoms with Gasteiger partial charge in [0.05, 0.1) is 0 Å². The highest BCUT2D eigenvalue weighted by molar-refractivity contribution is 6.04. The van der Waals surface area contributed by atoms with Crippen molar-refractivity contribution in [1.29, 1.82) is 0 Å². The summed E-state index contributed by atoms with van der Waals surface area (Å²) in [7, 11) is 0. The van der Waals surface area contributed by atoms with Gasteiger partial charge in [0, 0.05) is 17.4 Å². The molecule has 1 aromatic heterocycles. The molecule has 0 aliphatic heterocycles. The number of amides is 1. The highest BCUT2D eigenvalue weighted by Crippen LogP contribution is 2.18. The van der Waals surface area contributed by atoms with Gasteiger partial charge in [-0.3, -0.25) is 9.78 Å². The second kappa shape index (κ2) is 6.69. The molecule has 0 aliphatic carbocycles. The van der Waals surface area contributed by atoms with Gasteiger partial charge in [-0.05, 0) is 43.2 Å². The van der Waals surface area contributed by atoms with Crippen molar-refractivity contribution in [3.8, 4) is 11.8 Å². The van der Waals surface area contributed by atoms with E-state index in [1.807, 2.05) is 32.0 Å². The Labute approximate surface area is 123 Å². The van der Waals surface area contributed by atoms with Crippen molar-refractivity contribution in [2.24, 2.45) is 0 Å². The van der Waals surface area contributed by atoms with E-state index in [2.05, 4.69) is 22.1 Å². The van der Waals surface area contributed by atoms with Crippen molar-refractivity contribution >= 4 is 11.6 Å². The summed E-state index contributed by atoms with van der Waals surface area (Å²) in [5.41, 5.74) is 3.59. The van der Waals surface area contributed by atoms with Gasteiger partial charge in [-0.2, -0.15) is 0 Å². The van der Waals surface area contributed by atoms with Gasteiger partial charge in [0.15, 0.2) is 0 Å². The van der Waals surface area contributed by atoms with Crippen molar-refractivity contribution in [3.63, 3.8) is 0 Å². The molecule has 0 saturated carbocycles. The molecule has 0 saturated heterocycles. The summed E-state index contributed by atoms with van der Waals surface area (Å²) in [5, 5.41) is 11.6. The number of nitrogens with one attached hydrogen (secondary N) is 1. The molecule has 0 spiro atoms. The molecule has 2 aromatic rings. The molecule has 0 unspecified atom stereocenters. The van der Waals surface area contributed by atoms with Crippen molar-refractivity contribution in [2.45, 2.75) is 13.8 Å². The molecule has 0 fully saturated rings. The van der Waals surface area contributed by atoms with Crippen LogP contribution in [0.25, 0.3) is 0 Å². The molecule has 1 aromatic carbocycles. The Morgan fingerprint density at radius 1 is 1.29 bits per heavy atom. The maximum atomic E-state index is 12.3. The second-order valence-corrected chi connectivity index (χ2v) is 4.61. The third kappa shape index (κ3) is 3.68. The zero-order chi connectivity index (χ0) is 15.2. The Morgan fingerprint density at radius 2 is 2.10 bits per heavy atom. The number of aliphatic hydroxyl groups excluding tert-OH is 1. The lowest BCUT2D eigenvalue weighted by Gasteiger charge is -2.09. The maximum Gasteiger partial charge on any atom is 0.274 e. The van der Waals surface area contributed by atoms with Crippen LogP contribution in [0, 0.1) is 25.7 Å². The molecule has 4 heteroatoms. The van der Waals surface area contributed by atoms with Crippen LogP contribution in [0.2, 0.25) is 0 Å². The number of aryl methyl sites for hydroxylation is 2. The van der Waals surface area contributed by atoms with Gasteiger partial charge in [0.25, 0.3) is 5.91 Å². The molecule has 2 rings (SSSR count). The number of anilines is 1. The van der Waals surface area contributed by atoms with Crippen molar-refractivity contribution in [2.75, 3.05) is 11.9 Å². The Kier molecular flexibility index (Phi) is 4.70. The highest BCUT2D eigenvalue weighted by atomic mass is 16.2. The van der Waals surface area contributed by atoms with E-state index in [-0.39, 0.29) is 12.5 Å². The van der Waals surface area contributed by atoms with Gasteiger partial charge in [-0.15, -0.1) is 0 Å². The molecular weight excluding hydrogens is 264 g/mol. The molecule has 106 valence electrons. The number of aliphatic hydroxyl groups is 1. The van der Waals surface area contributed by atoms with E-state index < -0.39 is 0 Å². The standard InChI is InChI=1S/C17H16N2O2/c1-12-7-8-14(6-4-10-20)11-15(12)19-17(21)16-13(2)5-3-9-18-16/h3,5,7-9,11,20H,10H2,1-2H3,(H,19,21). The Morgan fingerprint density at radius 3 is 2.81 bits per heavy atom. The van der Waals surface area contributed by atoms with E-state index in [4.69, 9.17) is 5.11 Å². The van der Waals surface area contributed by atoms with Crippen LogP contribution in [-0.4, -0.2) is 22.6 Å². The number of aromatic nitrogens is 1. The summed E-state index contributed by atoms with van der Waals surface area (Å²) in [6.07, 6.45) is 1.60. The topological polar surface area (TPSA) is 62.2 Å². The predicted octanol–water partition coefficient (Wildman–Crippen LogP) is 2.29. The van der Waals surface area contributed by atoms with E-state index in [9.17, 15) is 4.79 Å². The molecule has 0 aliphatic rings. The third-order valence-corrected chi connectivity index (χ3v) is 3.02. The van der Waals surface area contributed by atoms with Crippen LogP contribution in [0.5, 0.6) is 0 Å². The van der Waals surface area contributed by atoms with Crippen molar-refractivity contribution in [3.05, 3.63) is 58.9 Å². The van der Waals surface area contributed by atoms with Gasteiger partial charge < -0.3 is 10.4 Å². The SMILES string of the molecule is Cc1ccc(C#CCO)cc1NC(=O)c1ncccc1C. The predicted molar refractivity (Wildman–Crippen MR) is 82.1 cm³/mol. The lowest BCUT2D eigenvalue weighted by molar-refractivity contribution is 0.102. The number of nitrogens with zero attached hydrogens (tertiary/aromatic N) is 1. The molecule has 0 bridgehead atoms. The number of hydrogen-bond donors (Lipinski definition) is 2. The maximum absolute atomic E-state index is 12.3. The van der Waals surface area contributed by atoms with Crippen molar-refractivity contribution in [1.82, 2.24) is 4.98 Å². The highest BCUT2D eigenvalue weighted by Gasteiger charge is 2.11. The van der Waals surface area contributed by atoms with Gasteiger partial charge in [-0.25, -0.2) is 0 Å². The molecule has 21 heavy (non-hydrogen) atoms. The first-order valence-corrected chi connectivity index (χ1v) is 6.55. The Balaban J connectivity index is 2.27. The lowest BCUT2D eigenvalue weighted by Crippen LogP contribution is -2.15. The first-order valence-electron chi connectivity index (χ1n) is 6.55. The van der Waals surface area contributed by atoms with Crippen LogP contribution in [-0.2, 0) is 0 Å². The van der Waals surface area contributed by atoms with E-state index in [0.717, 1.165) is 16.7 Å². The summed E-state index contributed by atoms with van der Waals surface area (Å²) in [6, 6.07) is 9.15. The lowest BCUT2D eigenvalue weighted by atomic mass is 10.1. The van der Waals surface area contributed by atoms with Crippen LogP contribution < -0.4 is 5.32 Å². The number of pyridine rings is 1. The minimum atomic E-state index is -0.247. The molecule has 1 heterocycles. The van der Waals surface area contributed by atoms with Gasteiger partial charge >= 0.3 is 0 Å². The van der Waals surface area contributed by atoms with Crippen molar-refractivity contribution < 1.29 is 9.90 Å². The summed E-state index contributed by atoms with van der Waals surface area (Å²) in [4.78, 5) is 16.4. The van der Waals surface area contributed by atoms with Crippen LogP contribution in [0.1, 0.15) is 27.2 Å². The fourth-order valence-corrected chi connectivity index (χ4v) is 1.88. The fourth-order valence-electron chi connectivity index (χ4n) is 1.88. The molecule has 1 amide bonds. The number of carbonyl (C=O) groups excluding carboxylic acids is 1. The minimum Gasteiger partial charge on any atom is -0.384 e. The third-order valence-electron chi connectivity index (χ3n) is 3.02. The molecule has 2 N–H and O–H groups in total. The van der Waals surface area contributed by atoms with Crippen LogP contribution >= 0.6 is 0 Å². The van der Waals surface area contributed by atoms with E-state index >= 15 is 0 Å². The molecule has 0 radical (unpaired) electrons.